The average Bonchev–Trinajstić information content (AvgIpc) is 2.37. The Morgan fingerprint density at radius 1 is 1.28 bits per heavy atom. The van der Waals surface area contributed by atoms with Crippen LogP contribution in [0.3, 0.4) is 0 Å². The number of hydrogen-bond acceptors (Lipinski definition) is 1. The quantitative estimate of drug-likeness (QED) is 0.867. The van der Waals surface area contributed by atoms with Crippen molar-refractivity contribution >= 4 is 5.91 Å². The zero-order valence-electron chi connectivity index (χ0n) is 11.4. The second kappa shape index (κ2) is 5.55. The molecule has 0 spiro atoms. The first-order valence-electron chi connectivity index (χ1n) is 6.91. The molecule has 1 aliphatic rings. The highest BCUT2D eigenvalue weighted by atomic mass is 16.1. The smallest absolute Gasteiger partial charge is 0.223 e. The molecule has 0 bridgehead atoms. The molecule has 0 aromatic heterocycles. The van der Waals surface area contributed by atoms with Crippen LogP contribution in [0.4, 0.5) is 0 Å². The largest absolute Gasteiger partial charge is 0.352 e. The first-order chi connectivity index (χ1) is 8.59. The molecule has 1 atom stereocenters. The van der Waals surface area contributed by atoms with Crippen LogP contribution >= 0.6 is 0 Å². The Labute approximate surface area is 110 Å². The van der Waals surface area contributed by atoms with Crippen LogP contribution in [0.1, 0.15) is 45.1 Å². The maximum Gasteiger partial charge on any atom is 0.223 e. The van der Waals surface area contributed by atoms with E-state index in [-0.39, 0.29) is 17.2 Å². The molecular formula is C16H23NO. The highest BCUT2D eigenvalue weighted by molar-refractivity contribution is 5.79. The summed E-state index contributed by atoms with van der Waals surface area (Å²) in [5.74, 6) is 0.401. The first-order valence-corrected chi connectivity index (χ1v) is 6.91. The molecule has 0 saturated heterocycles. The van der Waals surface area contributed by atoms with E-state index in [4.69, 9.17) is 0 Å². The minimum atomic E-state index is 0.152. The van der Waals surface area contributed by atoms with E-state index >= 15 is 0 Å². The molecule has 2 nitrogen and oxygen atoms in total. The van der Waals surface area contributed by atoms with Gasteiger partial charge in [0.2, 0.25) is 5.91 Å². The van der Waals surface area contributed by atoms with E-state index in [9.17, 15) is 4.79 Å². The zero-order chi connectivity index (χ0) is 13.0. The topological polar surface area (TPSA) is 29.1 Å². The lowest BCUT2D eigenvalue weighted by Gasteiger charge is -2.37. The Morgan fingerprint density at radius 3 is 2.67 bits per heavy atom. The predicted octanol–water partition coefficient (Wildman–Crippen LogP) is 3.52. The molecule has 0 aliphatic heterocycles. The van der Waals surface area contributed by atoms with E-state index in [2.05, 4.69) is 19.2 Å². The fourth-order valence-electron chi connectivity index (χ4n) is 2.89. The Hall–Kier alpha value is -1.31. The SMILES string of the molecule is CC1(C)CCCCC1C(=O)NCc1ccccc1. The first kappa shape index (κ1) is 13.1. The van der Waals surface area contributed by atoms with Crippen molar-refractivity contribution in [1.82, 2.24) is 5.32 Å². The van der Waals surface area contributed by atoms with Gasteiger partial charge in [0.25, 0.3) is 0 Å². The zero-order valence-corrected chi connectivity index (χ0v) is 11.4. The Kier molecular flexibility index (Phi) is 4.05. The van der Waals surface area contributed by atoms with Crippen molar-refractivity contribution in [3.8, 4) is 0 Å². The fraction of sp³-hybridized carbons (Fsp3) is 0.562. The second-order valence-corrected chi connectivity index (χ2v) is 5.99. The minimum absolute atomic E-state index is 0.152. The molecule has 1 aromatic carbocycles. The maximum absolute atomic E-state index is 12.3. The van der Waals surface area contributed by atoms with E-state index < -0.39 is 0 Å². The number of carbonyl (C=O) groups is 1. The van der Waals surface area contributed by atoms with Crippen LogP contribution in [0, 0.1) is 11.3 Å². The van der Waals surface area contributed by atoms with Gasteiger partial charge in [0.05, 0.1) is 0 Å². The van der Waals surface area contributed by atoms with Gasteiger partial charge in [-0.3, -0.25) is 4.79 Å². The summed E-state index contributed by atoms with van der Waals surface area (Å²) in [4.78, 5) is 12.3. The summed E-state index contributed by atoms with van der Waals surface area (Å²) in [6.07, 6.45) is 4.65. The van der Waals surface area contributed by atoms with Crippen LogP contribution in [-0.4, -0.2) is 5.91 Å². The highest BCUT2D eigenvalue weighted by Gasteiger charge is 2.36. The van der Waals surface area contributed by atoms with Gasteiger partial charge in [-0.15, -0.1) is 0 Å². The lowest BCUT2D eigenvalue weighted by molar-refractivity contribution is -0.130. The summed E-state index contributed by atoms with van der Waals surface area (Å²) in [6.45, 7) is 5.09. The van der Waals surface area contributed by atoms with Crippen molar-refractivity contribution in [3.63, 3.8) is 0 Å². The third-order valence-corrected chi connectivity index (χ3v) is 4.13. The molecule has 1 aromatic rings. The van der Waals surface area contributed by atoms with Gasteiger partial charge in [0, 0.05) is 12.5 Å². The van der Waals surface area contributed by atoms with E-state index in [0.29, 0.717) is 6.54 Å². The monoisotopic (exact) mass is 245 g/mol. The summed E-state index contributed by atoms with van der Waals surface area (Å²) in [5.41, 5.74) is 1.32. The lowest BCUT2D eigenvalue weighted by Crippen LogP contribution is -2.40. The van der Waals surface area contributed by atoms with Gasteiger partial charge in [-0.05, 0) is 23.8 Å². The summed E-state index contributed by atoms with van der Waals surface area (Å²) < 4.78 is 0. The normalized spacial score (nSPS) is 22.4. The van der Waals surface area contributed by atoms with Gasteiger partial charge in [0.15, 0.2) is 0 Å². The molecule has 18 heavy (non-hydrogen) atoms. The molecule has 2 rings (SSSR count). The van der Waals surface area contributed by atoms with Gasteiger partial charge >= 0.3 is 0 Å². The number of carbonyl (C=O) groups excluding carboxylic acids is 1. The Bertz CT molecular complexity index is 397. The second-order valence-electron chi connectivity index (χ2n) is 5.99. The number of amides is 1. The van der Waals surface area contributed by atoms with Crippen molar-refractivity contribution < 1.29 is 4.79 Å². The van der Waals surface area contributed by atoms with Crippen molar-refractivity contribution in [1.29, 1.82) is 0 Å². The predicted molar refractivity (Wildman–Crippen MR) is 74.0 cm³/mol. The van der Waals surface area contributed by atoms with Gasteiger partial charge in [-0.25, -0.2) is 0 Å². The van der Waals surface area contributed by atoms with Crippen LogP contribution in [0.2, 0.25) is 0 Å². The van der Waals surface area contributed by atoms with Crippen LogP contribution < -0.4 is 5.32 Å². The van der Waals surface area contributed by atoms with Gasteiger partial charge in [-0.2, -0.15) is 0 Å². The van der Waals surface area contributed by atoms with Gasteiger partial charge < -0.3 is 5.32 Å². The van der Waals surface area contributed by atoms with Crippen molar-refractivity contribution in [2.24, 2.45) is 11.3 Å². The Balaban J connectivity index is 1.91. The summed E-state index contributed by atoms with van der Waals surface area (Å²) in [5, 5.41) is 3.09. The molecule has 1 N–H and O–H groups in total. The van der Waals surface area contributed by atoms with Crippen molar-refractivity contribution in [2.75, 3.05) is 0 Å². The van der Waals surface area contributed by atoms with Gasteiger partial charge in [0.1, 0.15) is 0 Å². The van der Waals surface area contributed by atoms with Gasteiger partial charge in [-0.1, -0.05) is 57.0 Å². The maximum atomic E-state index is 12.3. The molecule has 0 radical (unpaired) electrons. The fourth-order valence-corrected chi connectivity index (χ4v) is 2.89. The molecule has 0 heterocycles. The minimum Gasteiger partial charge on any atom is -0.352 e. The van der Waals surface area contributed by atoms with Crippen LogP contribution in [0.5, 0.6) is 0 Å². The molecule has 2 heteroatoms. The standard InChI is InChI=1S/C16H23NO/c1-16(2)11-7-6-10-14(16)15(18)17-12-13-8-4-3-5-9-13/h3-5,8-9,14H,6-7,10-12H2,1-2H3,(H,17,18). The Morgan fingerprint density at radius 2 is 2.00 bits per heavy atom. The van der Waals surface area contributed by atoms with Crippen molar-refractivity contribution in [2.45, 2.75) is 46.1 Å². The summed E-state index contributed by atoms with van der Waals surface area (Å²) >= 11 is 0. The van der Waals surface area contributed by atoms with Crippen LogP contribution in [0.15, 0.2) is 30.3 Å². The number of nitrogens with one attached hydrogen (secondary N) is 1. The number of benzene rings is 1. The molecule has 1 unspecified atom stereocenters. The van der Waals surface area contributed by atoms with E-state index in [1.165, 1.54) is 18.4 Å². The van der Waals surface area contributed by atoms with E-state index in [0.717, 1.165) is 12.8 Å². The molecular weight excluding hydrogens is 222 g/mol. The third kappa shape index (κ3) is 3.12. The molecule has 1 saturated carbocycles. The average molecular weight is 245 g/mol. The summed E-state index contributed by atoms with van der Waals surface area (Å²) in [7, 11) is 0. The molecule has 1 amide bonds. The van der Waals surface area contributed by atoms with Crippen LogP contribution in [0.25, 0.3) is 0 Å². The molecule has 98 valence electrons. The van der Waals surface area contributed by atoms with E-state index in [1.807, 2.05) is 30.3 Å². The number of hydrogen-bond donors (Lipinski definition) is 1. The molecule has 1 fully saturated rings. The highest BCUT2D eigenvalue weighted by Crippen LogP contribution is 2.40. The van der Waals surface area contributed by atoms with Crippen LogP contribution in [-0.2, 0) is 11.3 Å². The third-order valence-electron chi connectivity index (χ3n) is 4.13. The number of rotatable bonds is 3. The van der Waals surface area contributed by atoms with Crippen molar-refractivity contribution in [3.05, 3.63) is 35.9 Å². The van der Waals surface area contributed by atoms with E-state index in [1.54, 1.807) is 0 Å². The summed E-state index contributed by atoms with van der Waals surface area (Å²) in [6, 6.07) is 10.1. The lowest BCUT2D eigenvalue weighted by atomic mass is 9.68. The molecule has 1 aliphatic carbocycles.